The molecule has 0 aliphatic carbocycles. The molecule has 0 unspecified atom stereocenters. The second-order valence-electron chi connectivity index (χ2n) is 9.50. The van der Waals surface area contributed by atoms with Crippen molar-refractivity contribution >= 4 is 17.9 Å². The number of pyridine rings is 1. The Morgan fingerprint density at radius 2 is 1.19 bits per heavy atom. The second-order valence-corrected chi connectivity index (χ2v) is 9.50. The zero-order valence-electron chi connectivity index (χ0n) is 22.3. The third kappa shape index (κ3) is 14.2. The Labute approximate surface area is 239 Å². The molecule has 1 aromatic heterocycles. The minimum atomic E-state index is -5.08. The van der Waals surface area contributed by atoms with Gasteiger partial charge in [0.25, 0.3) is 0 Å². The van der Waals surface area contributed by atoms with Crippen LogP contribution >= 0.6 is 0 Å². The fourth-order valence-corrected chi connectivity index (χ4v) is 4.57. The summed E-state index contributed by atoms with van der Waals surface area (Å²) in [5, 5.41) is 21.4. The molecule has 0 spiro atoms. The molecule has 3 N–H and O–H groups in total. The summed E-state index contributed by atoms with van der Waals surface area (Å²) in [6, 6.07) is 5.81. The minimum absolute atomic E-state index is 0.764. The van der Waals surface area contributed by atoms with Crippen LogP contribution in [0.25, 0.3) is 0 Å². The van der Waals surface area contributed by atoms with Gasteiger partial charge in [0.15, 0.2) is 0 Å². The number of aliphatic carboxylic acids is 3. The maximum Gasteiger partial charge on any atom is 0.490 e. The number of likely N-dealkylation sites (tertiary alicyclic amines) is 2. The van der Waals surface area contributed by atoms with Gasteiger partial charge in [0.2, 0.25) is 0 Å². The van der Waals surface area contributed by atoms with Gasteiger partial charge in [-0.15, -0.1) is 0 Å². The number of aromatic nitrogens is 1. The standard InChI is InChI=1S/C18H27N3O.3C2HF3O2/c1-2-16(12-19-7-1)14-21-9-4-17-18(21)3-8-20(17)13-15-5-10-22-11-6-15;3*3-2(4,5)1(6)7/h1-2,7,12,15,17-18H,3-6,8-11,13-14H2;3*(H,6,7)/t17-,18+;;;/m0.../s1. The summed E-state index contributed by atoms with van der Waals surface area (Å²) in [4.78, 5) is 36.4. The molecule has 0 saturated carbocycles. The summed E-state index contributed by atoms with van der Waals surface area (Å²) in [5.41, 5.74) is 1.35. The maximum atomic E-state index is 10.6. The number of halogens is 9. The molecule has 3 aliphatic rings. The molecule has 4 heterocycles. The van der Waals surface area contributed by atoms with Gasteiger partial charge >= 0.3 is 36.4 Å². The molecular formula is C24H30F9N3O7. The van der Waals surface area contributed by atoms with Gasteiger partial charge in [-0.1, -0.05) is 6.07 Å². The number of hydrogen-bond donors (Lipinski definition) is 3. The van der Waals surface area contributed by atoms with E-state index in [0.29, 0.717) is 0 Å². The monoisotopic (exact) mass is 643 g/mol. The first-order chi connectivity index (χ1) is 19.7. The SMILES string of the molecule is O=C(O)C(F)(F)F.O=C(O)C(F)(F)F.O=C(O)C(F)(F)F.c1cncc(CN2CC[C@H]3[C@H]2CCN3CC2CCOCC2)c1. The first-order valence-corrected chi connectivity index (χ1v) is 12.6. The van der Waals surface area contributed by atoms with E-state index in [0.717, 1.165) is 37.8 Å². The number of fused-ring (bicyclic) bond motifs is 1. The predicted molar refractivity (Wildman–Crippen MR) is 128 cm³/mol. The molecular weight excluding hydrogens is 613 g/mol. The highest BCUT2D eigenvalue weighted by Gasteiger charge is 2.43. The van der Waals surface area contributed by atoms with Gasteiger partial charge in [-0.05, 0) is 43.2 Å². The smallest absolute Gasteiger partial charge is 0.475 e. The lowest BCUT2D eigenvalue weighted by atomic mass is 9.99. The highest BCUT2D eigenvalue weighted by Crippen LogP contribution is 2.34. The van der Waals surface area contributed by atoms with Gasteiger partial charge in [-0.25, -0.2) is 14.4 Å². The number of rotatable bonds is 4. The van der Waals surface area contributed by atoms with E-state index in [1.54, 1.807) is 0 Å². The lowest BCUT2D eigenvalue weighted by Crippen LogP contribution is -2.39. The number of nitrogens with zero attached hydrogens (tertiary/aromatic N) is 3. The topological polar surface area (TPSA) is 140 Å². The van der Waals surface area contributed by atoms with Crippen molar-refractivity contribution in [1.82, 2.24) is 14.8 Å². The summed E-state index contributed by atoms with van der Waals surface area (Å²) in [7, 11) is 0. The quantitative estimate of drug-likeness (QED) is 0.412. The van der Waals surface area contributed by atoms with Crippen LogP contribution in [0.5, 0.6) is 0 Å². The van der Waals surface area contributed by atoms with Crippen LogP contribution in [-0.4, -0.2) is 111 Å². The van der Waals surface area contributed by atoms with Gasteiger partial charge in [0.05, 0.1) is 0 Å². The molecule has 10 nitrogen and oxygen atoms in total. The fourth-order valence-electron chi connectivity index (χ4n) is 4.57. The lowest BCUT2D eigenvalue weighted by Gasteiger charge is -2.30. The third-order valence-corrected chi connectivity index (χ3v) is 6.48. The Balaban J connectivity index is 0.000000363. The van der Waals surface area contributed by atoms with Gasteiger partial charge in [0.1, 0.15) is 0 Å². The molecule has 0 radical (unpaired) electrons. The van der Waals surface area contributed by atoms with Crippen LogP contribution < -0.4 is 0 Å². The second kappa shape index (κ2) is 16.6. The molecule has 2 atom stereocenters. The Bertz CT molecular complexity index is 961. The summed E-state index contributed by atoms with van der Waals surface area (Å²) in [6.07, 6.45) is -6.17. The minimum Gasteiger partial charge on any atom is -0.475 e. The Morgan fingerprint density at radius 1 is 0.767 bits per heavy atom. The number of carboxylic acids is 3. The zero-order valence-corrected chi connectivity index (χ0v) is 22.3. The van der Waals surface area contributed by atoms with Crippen LogP contribution in [0.2, 0.25) is 0 Å². The molecule has 0 aromatic carbocycles. The van der Waals surface area contributed by atoms with E-state index >= 15 is 0 Å². The van der Waals surface area contributed by atoms with Crippen LogP contribution in [0.15, 0.2) is 24.5 Å². The van der Waals surface area contributed by atoms with Crippen LogP contribution in [0, 0.1) is 5.92 Å². The molecule has 3 aliphatic heterocycles. The number of carboxylic acid groups (broad SMARTS) is 3. The molecule has 19 heteroatoms. The third-order valence-electron chi connectivity index (χ3n) is 6.48. The maximum absolute atomic E-state index is 10.6. The van der Waals surface area contributed by atoms with Crippen molar-refractivity contribution in [3.05, 3.63) is 30.1 Å². The van der Waals surface area contributed by atoms with Crippen LogP contribution in [0.3, 0.4) is 0 Å². The van der Waals surface area contributed by atoms with E-state index in [4.69, 9.17) is 34.4 Å². The summed E-state index contributed by atoms with van der Waals surface area (Å²) in [6.45, 7) is 6.84. The Hall–Kier alpha value is -3.19. The largest absolute Gasteiger partial charge is 0.490 e. The molecule has 43 heavy (non-hydrogen) atoms. The first-order valence-electron chi connectivity index (χ1n) is 12.6. The predicted octanol–water partition coefficient (Wildman–Crippen LogP) is 4.06. The van der Waals surface area contributed by atoms with Crippen LogP contribution in [-0.2, 0) is 25.7 Å². The van der Waals surface area contributed by atoms with Crippen molar-refractivity contribution in [2.75, 3.05) is 32.8 Å². The highest BCUT2D eigenvalue weighted by atomic mass is 19.4. The summed E-state index contributed by atoms with van der Waals surface area (Å²) in [5.74, 6) is -7.41. The normalized spacial score (nSPS) is 21.2. The molecule has 0 amide bonds. The average molecular weight is 643 g/mol. The molecule has 3 saturated heterocycles. The number of alkyl halides is 9. The van der Waals surface area contributed by atoms with Crippen molar-refractivity contribution in [2.24, 2.45) is 5.92 Å². The van der Waals surface area contributed by atoms with Gasteiger partial charge in [-0.3, -0.25) is 14.8 Å². The van der Waals surface area contributed by atoms with Gasteiger partial charge in [-0.2, -0.15) is 39.5 Å². The van der Waals surface area contributed by atoms with Crippen LogP contribution in [0.4, 0.5) is 39.5 Å². The van der Waals surface area contributed by atoms with Gasteiger partial charge in [0, 0.05) is 63.9 Å². The molecule has 246 valence electrons. The van der Waals surface area contributed by atoms with Crippen LogP contribution in [0.1, 0.15) is 31.2 Å². The highest BCUT2D eigenvalue weighted by molar-refractivity contribution is 5.73. The molecule has 3 fully saturated rings. The average Bonchev–Trinajstić information content (AvgIpc) is 3.48. The number of hydrogen-bond acceptors (Lipinski definition) is 7. The summed E-state index contributed by atoms with van der Waals surface area (Å²) >= 11 is 0. The van der Waals surface area contributed by atoms with E-state index in [2.05, 4.69) is 26.9 Å². The molecule has 4 rings (SSSR count). The Morgan fingerprint density at radius 3 is 1.58 bits per heavy atom. The summed E-state index contributed by atoms with van der Waals surface area (Å²) < 4.78 is 101. The van der Waals surface area contributed by atoms with Crippen molar-refractivity contribution < 1.29 is 74.0 Å². The molecule has 1 aromatic rings. The van der Waals surface area contributed by atoms with E-state index in [-0.39, 0.29) is 0 Å². The Kier molecular flexibility index (Phi) is 14.6. The van der Waals surface area contributed by atoms with E-state index in [1.807, 2.05) is 12.4 Å². The molecule has 0 bridgehead atoms. The lowest BCUT2D eigenvalue weighted by molar-refractivity contribution is -0.193. The number of carbonyl (C=O) groups is 3. The first kappa shape index (κ1) is 37.8. The van der Waals surface area contributed by atoms with E-state index in [9.17, 15) is 39.5 Å². The van der Waals surface area contributed by atoms with Gasteiger partial charge < -0.3 is 20.1 Å². The van der Waals surface area contributed by atoms with Crippen molar-refractivity contribution in [3.63, 3.8) is 0 Å². The van der Waals surface area contributed by atoms with Crippen molar-refractivity contribution in [1.29, 1.82) is 0 Å². The van der Waals surface area contributed by atoms with Crippen molar-refractivity contribution in [2.45, 2.75) is 62.8 Å². The fraction of sp³-hybridized carbons (Fsp3) is 0.667. The van der Waals surface area contributed by atoms with E-state index in [1.165, 1.54) is 50.9 Å². The van der Waals surface area contributed by atoms with Crippen molar-refractivity contribution in [3.8, 4) is 0 Å². The zero-order chi connectivity index (χ0) is 33.0. The number of ether oxygens (including phenoxy) is 1. The van der Waals surface area contributed by atoms with E-state index < -0.39 is 36.4 Å².